The molecule has 20 heavy (non-hydrogen) atoms. The summed E-state index contributed by atoms with van der Waals surface area (Å²) in [6.45, 7) is 1.50. The highest BCUT2D eigenvalue weighted by Crippen LogP contribution is 2.15. The first kappa shape index (κ1) is 16.9. The van der Waals surface area contributed by atoms with E-state index in [2.05, 4.69) is 10.6 Å². The zero-order chi connectivity index (χ0) is 13.9. The van der Waals surface area contributed by atoms with Crippen molar-refractivity contribution in [1.82, 2.24) is 10.6 Å². The van der Waals surface area contributed by atoms with Gasteiger partial charge in [0.05, 0.1) is 10.5 Å². The average Bonchev–Trinajstić information content (AvgIpc) is 2.88. The lowest BCUT2D eigenvalue weighted by Crippen LogP contribution is -2.37. The molecule has 0 spiro atoms. The Morgan fingerprint density at radius 3 is 2.70 bits per heavy atom. The molecule has 1 aromatic carbocycles. The molecule has 0 aliphatic carbocycles. The molecular weight excluding hydrogens is 300 g/mol. The van der Waals surface area contributed by atoms with Crippen LogP contribution in [0.4, 0.5) is 0 Å². The fourth-order valence-electron chi connectivity index (χ4n) is 2.22. The maximum absolute atomic E-state index is 12.1. The molecule has 1 amide bonds. The number of nitrogens with one attached hydrogen (secondary N) is 2. The van der Waals surface area contributed by atoms with Crippen molar-refractivity contribution in [2.45, 2.75) is 23.8 Å². The Kier molecular flexibility index (Phi) is 5.98. The molecule has 1 heterocycles. The van der Waals surface area contributed by atoms with Crippen LogP contribution in [0.3, 0.4) is 0 Å². The van der Waals surface area contributed by atoms with E-state index in [1.807, 2.05) is 0 Å². The lowest BCUT2D eigenvalue weighted by molar-refractivity contribution is 0.0947. The number of rotatable bonds is 4. The first-order chi connectivity index (χ1) is 8.98. The van der Waals surface area contributed by atoms with Crippen molar-refractivity contribution in [1.29, 1.82) is 0 Å². The third-order valence-electron chi connectivity index (χ3n) is 3.20. The van der Waals surface area contributed by atoms with Gasteiger partial charge in [-0.1, -0.05) is 12.1 Å². The molecule has 2 rings (SSSR count). The van der Waals surface area contributed by atoms with E-state index >= 15 is 0 Å². The van der Waals surface area contributed by atoms with E-state index in [-0.39, 0.29) is 34.8 Å². The number of benzene rings is 1. The highest BCUT2D eigenvalue weighted by molar-refractivity contribution is 7.90. The Morgan fingerprint density at radius 1 is 1.40 bits per heavy atom. The summed E-state index contributed by atoms with van der Waals surface area (Å²) in [5.41, 5.74) is 0.211. The fraction of sp³-hybridized carbons (Fsp3) is 0.462. The van der Waals surface area contributed by atoms with Gasteiger partial charge in [0.15, 0.2) is 9.84 Å². The van der Waals surface area contributed by atoms with Gasteiger partial charge in [-0.05, 0) is 31.5 Å². The maximum Gasteiger partial charge on any atom is 0.252 e. The van der Waals surface area contributed by atoms with E-state index in [0.29, 0.717) is 6.54 Å². The van der Waals surface area contributed by atoms with Crippen LogP contribution in [-0.2, 0) is 9.84 Å². The molecular formula is C13H19ClN2O3S. The van der Waals surface area contributed by atoms with Crippen LogP contribution in [0.1, 0.15) is 23.2 Å². The summed E-state index contributed by atoms with van der Waals surface area (Å²) in [6.07, 6.45) is 3.26. The van der Waals surface area contributed by atoms with E-state index in [4.69, 9.17) is 0 Å². The number of amides is 1. The first-order valence-electron chi connectivity index (χ1n) is 6.29. The molecule has 0 aromatic heterocycles. The van der Waals surface area contributed by atoms with Gasteiger partial charge in [0.1, 0.15) is 0 Å². The molecule has 1 aliphatic rings. The van der Waals surface area contributed by atoms with Gasteiger partial charge < -0.3 is 10.6 Å². The number of carbonyl (C=O) groups excluding carboxylic acids is 1. The molecule has 1 atom stereocenters. The van der Waals surface area contributed by atoms with Crippen LogP contribution in [0.5, 0.6) is 0 Å². The summed E-state index contributed by atoms with van der Waals surface area (Å²) in [5, 5.41) is 6.06. The van der Waals surface area contributed by atoms with Crippen LogP contribution in [0.2, 0.25) is 0 Å². The molecule has 0 bridgehead atoms. The van der Waals surface area contributed by atoms with Gasteiger partial charge in [-0.15, -0.1) is 12.4 Å². The second-order valence-corrected chi connectivity index (χ2v) is 6.76. The third kappa shape index (κ3) is 4.19. The van der Waals surface area contributed by atoms with E-state index in [1.54, 1.807) is 12.1 Å². The third-order valence-corrected chi connectivity index (χ3v) is 4.36. The number of carbonyl (C=O) groups is 1. The second kappa shape index (κ2) is 7.06. The SMILES string of the molecule is CS(=O)(=O)c1ccccc1C(=O)NCC1CCCN1.Cl. The van der Waals surface area contributed by atoms with Gasteiger partial charge in [-0.25, -0.2) is 8.42 Å². The second-order valence-electron chi connectivity index (χ2n) is 4.77. The van der Waals surface area contributed by atoms with E-state index in [1.165, 1.54) is 12.1 Å². The normalized spacial score (nSPS) is 18.4. The number of sulfone groups is 1. The highest BCUT2D eigenvalue weighted by atomic mass is 35.5. The van der Waals surface area contributed by atoms with Crippen molar-refractivity contribution in [3.63, 3.8) is 0 Å². The van der Waals surface area contributed by atoms with Crippen LogP contribution in [0, 0.1) is 0 Å². The molecule has 1 fully saturated rings. The smallest absolute Gasteiger partial charge is 0.252 e. The molecule has 1 unspecified atom stereocenters. The summed E-state index contributed by atoms with van der Waals surface area (Å²) in [4.78, 5) is 12.1. The van der Waals surface area contributed by atoms with E-state index < -0.39 is 9.84 Å². The van der Waals surface area contributed by atoms with Gasteiger partial charge in [-0.2, -0.15) is 0 Å². The summed E-state index contributed by atoms with van der Waals surface area (Å²) in [5.74, 6) is -0.338. The maximum atomic E-state index is 12.1. The predicted octanol–water partition coefficient (Wildman–Crippen LogP) is 0.994. The Balaban J connectivity index is 0.00000200. The molecule has 1 aliphatic heterocycles. The molecule has 7 heteroatoms. The molecule has 5 nitrogen and oxygen atoms in total. The summed E-state index contributed by atoms with van der Waals surface area (Å²) in [7, 11) is -3.39. The summed E-state index contributed by atoms with van der Waals surface area (Å²) >= 11 is 0. The highest BCUT2D eigenvalue weighted by Gasteiger charge is 2.19. The zero-order valence-corrected chi connectivity index (χ0v) is 12.9. The number of halogens is 1. The van der Waals surface area contributed by atoms with Crippen LogP contribution in [0.15, 0.2) is 29.2 Å². The number of hydrogen-bond donors (Lipinski definition) is 2. The lowest BCUT2D eigenvalue weighted by Gasteiger charge is -2.13. The fourth-order valence-corrected chi connectivity index (χ4v) is 3.11. The quantitative estimate of drug-likeness (QED) is 0.868. The van der Waals surface area contributed by atoms with Gasteiger partial charge in [0.25, 0.3) is 5.91 Å². The first-order valence-corrected chi connectivity index (χ1v) is 8.18. The van der Waals surface area contributed by atoms with Crippen molar-refractivity contribution < 1.29 is 13.2 Å². The Morgan fingerprint density at radius 2 is 2.10 bits per heavy atom. The minimum Gasteiger partial charge on any atom is -0.350 e. The average molecular weight is 319 g/mol. The van der Waals surface area contributed by atoms with Gasteiger partial charge in [0, 0.05) is 18.8 Å². The largest absolute Gasteiger partial charge is 0.350 e. The van der Waals surface area contributed by atoms with Gasteiger partial charge in [0.2, 0.25) is 0 Å². The van der Waals surface area contributed by atoms with Crippen LogP contribution >= 0.6 is 12.4 Å². The van der Waals surface area contributed by atoms with Crippen LogP contribution in [0.25, 0.3) is 0 Å². The predicted molar refractivity (Wildman–Crippen MR) is 80.2 cm³/mol. The Labute approximate surface area is 125 Å². The van der Waals surface area contributed by atoms with E-state index in [9.17, 15) is 13.2 Å². The summed E-state index contributed by atoms with van der Waals surface area (Å²) < 4.78 is 23.3. The zero-order valence-electron chi connectivity index (χ0n) is 11.3. The van der Waals surface area contributed by atoms with Crippen molar-refractivity contribution in [3.05, 3.63) is 29.8 Å². The monoisotopic (exact) mass is 318 g/mol. The minimum absolute atomic E-state index is 0. The van der Waals surface area contributed by atoms with Crippen molar-refractivity contribution >= 4 is 28.2 Å². The number of hydrogen-bond acceptors (Lipinski definition) is 4. The standard InChI is InChI=1S/C13H18N2O3S.ClH/c1-19(17,18)12-7-3-2-6-11(12)13(16)15-9-10-5-4-8-14-10;/h2-3,6-7,10,14H,4-5,8-9H2,1H3,(H,15,16);1H. The molecule has 0 radical (unpaired) electrons. The van der Waals surface area contributed by atoms with Crippen LogP contribution in [-0.4, -0.2) is 39.7 Å². The molecule has 0 saturated carbocycles. The molecule has 1 aromatic rings. The van der Waals surface area contributed by atoms with E-state index in [0.717, 1.165) is 25.6 Å². The Hall–Kier alpha value is -1.11. The minimum atomic E-state index is -3.39. The Bertz CT molecular complexity index is 569. The van der Waals surface area contributed by atoms with Crippen molar-refractivity contribution in [3.8, 4) is 0 Å². The van der Waals surface area contributed by atoms with Crippen LogP contribution < -0.4 is 10.6 Å². The topological polar surface area (TPSA) is 75.3 Å². The molecule has 112 valence electrons. The lowest BCUT2D eigenvalue weighted by atomic mass is 10.2. The van der Waals surface area contributed by atoms with Crippen molar-refractivity contribution in [2.24, 2.45) is 0 Å². The summed E-state index contributed by atoms with van der Waals surface area (Å²) in [6, 6.07) is 6.56. The van der Waals surface area contributed by atoms with Gasteiger partial charge in [-0.3, -0.25) is 4.79 Å². The molecule has 1 saturated heterocycles. The van der Waals surface area contributed by atoms with Gasteiger partial charge >= 0.3 is 0 Å². The van der Waals surface area contributed by atoms with Crippen molar-refractivity contribution in [2.75, 3.05) is 19.3 Å². The molecule has 2 N–H and O–H groups in total.